The van der Waals surface area contributed by atoms with Crippen molar-refractivity contribution in [2.75, 3.05) is 0 Å². The third kappa shape index (κ3) is 7.21. The Bertz CT molecular complexity index is 3820. The van der Waals surface area contributed by atoms with Crippen LogP contribution in [0.1, 0.15) is 69.1 Å². The number of hydrogen-bond acceptors (Lipinski definition) is 3. The van der Waals surface area contributed by atoms with Crippen molar-refractivity contribution in [3.63, 3.8) is 0 Å². The van der Waals surface area contributed by atoms with E-state index in [2.05, 4.69) is 6.33 Å². The molecule has 0 aliphatic heterocycles. The zero-order valence-electron chi connectivity index (χ0n) is 47.1. The van der Waals surface area contributed by atoms with E-state index in [9.17, 15) is 0 Å². The molecule has 0 saturated heterocycles. The van der Waals surface area contributed by atoms with Gasteiger partial charge in [-0.15, -0.1) is 0 Å². The summed E-state index contributed by atoms with van der Waals surface area (Å²) in [6, 6.07) is 25.7. The van der Waals surface area contributed by atoms with Crippen LogP contribution >= 0.6 is 0 Å². The van der Waals surface area contributed by atoms with Crippen LogP contribution in [0.4, 0.5) is 0 Å². The molecule has 0 fully saturated rings. The van der Waals surface area contributed by atoms with Crippen LogP contribution < -0.4 is 9.30 Å². The van der Waals surface area contributed by atoms with Crippen molar-refractivity contribution in [1.82, 2.24) is 19.1 Å². The molecule has 0 spiro atoms. The topological polar surface area (TPSA) is 48.8 Å². The highest BCUT2D eigenvalue weighted by Gasteiger charge is 2.25. The Labute approximate surface area is 380 Å². The first-order valence-electron chi connectivity index (χ1n) is 26.3. The minimum atomic E-state index is -1.66. The maximum Gasteiger partial charge on any atom is 0.271 e. The molecule has 0 aliphatic rings. The van der Waals surface area contributed by atoms with Crippen LogP contribution in [0.15, 0.2) is 176 Å². The number of ether oxygens (including phenoxy) is 1. The molecule has 0 bridgehead atoms. The van der Waals surface area contributed by atoms with Crippen LogP contribution in [0.25, 0.3) is 72.4 Å². The molecule has 6 aromatic carbocycles. The van der Waals surface area contributed by atoms with Crippen molar-refractivity contribution < 1.29 is 25.8 Å². The molecule has 0 unspecified atom stereocenters. The zero-order chi connectivity index (χ0) is 53.1. The van der Waals surface area contributed by atoms with E-state index >= 15 is 0 Å². The fraction of sp³-hybridized carbons (Fsp3) is 0.161. The molecule has 4 aromatic heterocycles. The van der Waals surface area contributed by atoms with Gasteiger partial charge in [0.2, 0.25) is 0 Å². The molecule has 6 heteroatoms. The Morgan fingerprint density at radius 3 is 2.02 bits per heavy atom. The fourth-order valence-electron chi connectivity index (χ4n) is 7.99. The van der Waals surface area contributed by atoms with Crippen LogP contribution in [-0.4, -0.2) is 19.1 Å². The first kappa shape index (κ1) is 27.5. The van der Waals surface area contributed by atoms with Crippen LogP contribution in [-0.2, 0) is 11.8 Å². The monoisotopic (exact) mass is 819 g/mol. The van der Waals surface area contributed by atoms with Gasteiger partial charge in [-0.25, -0.2) is 4.98 Å². The summed E-state index contributed by atoms with van der Waals surface area (Å²) in [6.07, 6.45) is 5.13. The van der Waals surface area contributed by atoms with E-state index in [0.29, 0.717) is 39.7 Å². The second-order valence-corrected chi connectivity index (χ2v) is 17.2. The average Bonchev–Trinajstić information content (AvgIpc) is 3.92. The molecular weight excluding hydrogens is 759 g/mol. The Morgan fingerprint density at radius 2 is 1.32 bits per heavy atom. The molecule has 4 heterocycles. The van der Waals surface area contributed by atoms with E-state index in [1.54, 1.807) is 70.1 Å². The third-order valence-corrected chi connectivity index (χ3v) is 10.6. The van der Waals surface area contributed by atoms with Gasteiger partial charge in [0, 0.05) is 43.6 Å². The first-order chi connectivity index (χ1) is 34.9. The van der Waals surface area contributed by atoms with Gasteiger partial charge in [-0.2, -0.15) is 0 Å². The predicted molar refractivity (Wildman–Crippen MR) is 253 cm³/mol. The van der Waals surface area contributed by atoms with Crippen molar-refractivity contribution >= 4 is 32.8 Å². The van der Waals surface area contributed by atoms with Crippen molar-refractivity contribution in [1.29, 1.82) is 0 Å². The maximum absolute atomic E-state index is 9.06. The van der Waals surface area contributed by atoms with Crippen molar-refractivity contribution in [2.45, 2.75) is 53.3 Å². The number of pyridine rings is 2. The third-order valence-electron chi connectivity index (χ3n) is 10.6. The quantitative estimate of drug-likeness (QED) is 0.113. The SMILES string of the molecule is [2H]c1c([2H])c([2H])c(-c2cccc(-c3c([2H])c([2H])c([2H])c([2H])c3[2H])c2-[n+]2[c-]n(-c3cc(Oc4ccc5c6ccccc6n(-c6cc(C([2H])([2H])C(C)(C)C)ccn6)c5c4)c(C(C)(C)C)cn3)c3ccccc32)c([2H])c1[2H]. The van der Waals surface area contributed by atoms with Crippen LogP contribution in [0.3, 0.4) is 0 Å². The van der Waals surface area contributed by atoms with Crippen LogP contribution in [0.2, 0.25) is 0 Å². The summed E-state index contributed by atoms with van der Waals surface area (Å²) in [5.41, 5.74) is 2.91. The van der Waals surface area contributed by atoms with E-state index in [-0.39, 0.29) is 27.9 Å². The molecule has 0 aliphatic carbocycles. The zero-order valence-corrected chi connectivity index (χ0v) is 35.1. The minimum absolute atomic E-state index is 0.123. The summed E-state index contributed by atoms with van der Waals surface area (Å²) in [5, 5.41) is 1.92. The molecule has 304 valence electrons. The molecule has 0 saturated carbocycles. The lowest BCUT2D eigenvalue weighted by Gasteiger charge is -2.23. The molecule has 10 rings (SSSR count). The standard InChI is InChI=1S/C56H49N5O/c1-55(2,3)35-38-30-31-57-53(32-38)61-47-25-14-13-22-44(47)45-29-28-41(33-50(45)61)62-51-34-52(58-36-46(51)56(4,5)6)59-37-60(49-27-16-15-26-48(49)59)54-42(39-18-9-7-10-19-39)23-17-24-43(54)40-20-11-8-12-21-40/h7-34,36H,35H2,1-6H3/i7D,8D,9D,10D,11D,12D,18D,19D,20D,21D,35D2. The predicted octanol–water partition coefficient (Wildman–Crippen LogP) is 13.6. The average molecular weight is 820 g/mol. The van der Waals surface area contributed by atoms with E-state index in [0.717, 1.165) is 27.4 Å². The largest absolute Gasteiger partial charge is 0.457 e. The molecule has 0 N–H and O–H groups in total. The van der Waals surface area contributed by atoms with Gasteiger partial charge in [-0.05, 0) is 75.4 Å². The molecule has 10 aromatic rings. The molecule has 62 heavy (non-hydrogen) atoms. The number of hydrogen-bond donors (Lipinski definition) is 0. The normalized spacial score (nSPS) is 15.1. The van der Waals surface area contributed by atoms with E-state index in [1.807, 2.05) is 101 Å². The van der Waals surface area contributed by atoms with Crippen molar-refractivity contribution in [2.24, 2.45) is 5.41 Å². The Kier molecular flexibility index (Phi) is 6.79. The van der Waals surface area contributed by atoms with Gasteiger partial charge in [0.05, 0.1) is 41.5 Å². The molecular formula is C56H49N5O. The van der Waals surface area contributed by atoms with Crippen molar-refractivity contribution in [3.8, 4) is 51.1 Å². The summed E-state index contributed by atoms with van der Waals surface area (Å²) in [7, 11) is 0. The molecule has 6 nitrogen and oxygen atoms in total. The second kappa shape index (κ2) is 15.3. The lowest BCUT2D eigenvalue weighted by atomic mass is 9.87. The first-order valence-corrected chi connectivity index (χ1v) is 20.3. The lowest BCUT2D eigenvalue weighted by Crippen LogP contribution is -2.31. The van der Waals surface area contributed by atoms with Crippen LogP contribution in [0, 0.1) is 11.7 Å². The Balaban J connectivity index is 1.18. The van der Waals surface area contributed by atoms with Gasteiger partial charge in [0.25, 0.3) is 6.33 Å². The van der Waals surface area contributed by atoms with Crippen molar-refractivity contribution in [3.05, 3.63) is 193 Å². The number of fused-ring (bicyclic) bond motifs is 4. The minimum Gasteiger partial charge on any atom is -0.457 e. The summed E-state index contributed by atoms with van der Waals surface area (Å²) in [5.74, 6) is 1.88. The van der Waals surface area contributed by atoms with E-state index in [4.69, 9.17) is 31.2 Å². The fourth-order valence-corrected chi connectivity index (χ4v) is 7.99. The summed E-state index contributed by atoms with van der Waals surface area (Å²) < 4.78 is 118. The maximum atomic E-state index is 9.06. The van der Waals surface area contributed by atoms with Gasteiger partial charge in [0.1, 0.15) is 17.3 Å². The highest BCUT2D eigenvalue weighted by molar-refractivity contribution is 6.09. The number of aromatic nitrogens is 5. The molecule has 0 atom stereocenters. The Morgan fingerprint density at radius 1 is 0.661 bits per heavy atom. The lowest BCUT2D eigenvalue weighted by molar-refractivity contribution is -0.571. The van der Waals surface area contributed by atoms with E-state index < -0.39 is 77.6 Å². The van der Waals surface area contributed by atoms with E-state index in [1.165, 1.54) is 0 Å². The van der Waals surface area contributed by atoms with Gasteiger partial charge in [0.15, 0.2) is 5.82 Å². The summed E-state index contributed by atoms with van der Waals surface area (Å²) in [4.78, 5) is 9.74. The highest BCUT2D eigenvalue weighted by Crippen LogP contribution is 2.40. The van der Waals surface area contributed by atoms with Gasteiger partial charge < -0.3 is 4.74 Å². The summed E-state index contributed by atoms with van der Waals surface area (Å²) in [6.45, 7) is 11.8. The van der Waals surface area contributed by atoms with Gasteiger partial charge in [-0.1, -0.05) is 163 Å². The Hall–Kier alpha value is -7.31. The second-order valence-electron chi connectivity index (χ2n) is 17.2. The number of benzene rings is 6. The molecule has 0 radical (unpaired) electrons. The highest BCUT2D eigenvalue weighted by atomic mass is 16.5. The number of rotatable bonds is 8. The summed E-state index contributed by atoms with van der Waals surface area (Å²) >= 11 is 0. The number of imidazole rings is 1. The smallest absolute Gasteiger partial charge is 0.271 e. The molecule has 0 amide bonds. The number of para-hydroxylation sites is 4. The van der Waals surface area contributed by atoms with Gasteiger partial charge >= 0.3 is 0 Å². The number of nitrogens with zero attached hydrogens (tertiary/aromatic N) is 5. The van der Waals surface area contributed by atoms with Crippen LogP contribution in [0.5, 0.6) is 11.5 Å². The van der Waals surface area contributed by atoms with Gasteiger partial charge in [-0.3, -0.25) is 18.7 Å².